The number of para-hydroxylation sites is 5. The number of rotatable bonds is 5. The lowest BCUT2D eigenvalue weighted by Crippen LogP contribution is -2.61. The Morgan fingerprint density at radius 2 is 0.909 bits per heavy atom. The van der Waals surface area contributed by atoms with Gasteiger partial charge in [0.1, 0.15) is 0 Å². The first-order chi connectivity index (χ1) is 27.1. The van der Waals surface area contributed by atoms with E-state index in [0.29, 0.717) is 0 Å². The molecule has 8 aromatic carbocycles. The molecule has 4 heteroatoms. The molecule has 55 heavy (non-hydrogen) atoms. The Morgan fingerprint density at radius 3 is 1.53 bits per heavy atom. The molecule has 260 valence electrons. The summed E-state index contributed by atoms with van der Waals surface area (Å²) in [5, 5.41) is 0. The maximum Gasteiger partial charge on any atom is 0.252 e. The fraction of sp³-hybridized carbons (Fsp3) is 0.0588. The van der Waals surface area contributed by atoms with E-state index in [-0.39, 0.29) is 12.1 Å². The summed E-state index contributed by atoms with van der Waals surface area (Å²) in [6.45, 7) is 4.89. The summed E-state index contributed by atoms with van der Waals surface area (Å²) in [6.07, 6.45) is 0. The molecule has 0 atom stereocenters. The van der Waals surface area contributed by atoms with Crippen molar-refractivity contribution in [3.63, 3.8) is 0 Å². The van der Waals surface area contributed by atoms with Crippen molar-refractivity contribution in [2.75, 3.05) is 14.7 Å². The molecule has 0 radical (unpaired) electrons. The quantitative estimate of drug-likeness (QED) is 0.165. The van der Waals surface area contributed by atoms with Crippen molar-refractivity contribution in [3.8, 4) is 11.1 Å². The zero-order valence-electron chi connectivity index (χ0n) is 30.9. The van der Waals surface area contributed by atoms with Gasteiger partial charge in [0.05, 0.1) is 0 Å². The van der Waals surface area contributed by atoms with Gasteiger partial charge < -0.3 is 14.7 Å². The lowest BCUT2D eigenvalue weighted by atomic mass is 9.33. The molecule has 11 rings (SSSR count). The molecule has 3 aliphatic rings. The molecule has 0 fully saturated rings. The van der Waals surface area contributed by atoms with Crippen molar-refractivity contribution in [3.05, 3.63) is 205 Å². The summed E-state index contributed by atoms with van der Waals surface area (Å²) in [4.78, 5) is 7.34. The fourth-order valence-corrected chi connectivity index (χ4v) is 9.55. The van der Waals surface area contributed by atoms with E-state index in [1.165, 1.54) is 67.1 Å². The smallest absolute Gasteiger partial charge is 0.252 e. The minimum Gasteiger partial charge on any atom is -0.311 e. The minimum absolute atomic E-state index is 0.0735. The Hall–Kier alpha value is -6.78. The molecule has 0 amide bonds. The number of hydrogen-bond donors (Lipinski definition) is 0. The zero-order valence-corrected chi connectivity index (χ0v) is 30.9. The van der Waals surface area contributed by atoms with Crippen molar-refractivity contribution in [1.82, 2.24) is 0 Å². The van der Waals surface area contributed by atoms with Gasteiger partial charge in [-0.3, -0.25) is 0 Å². The second-order valence-electron chi connectivity index (χ2n) is 15.4. The molecule has 0 spiro atoms. The van der Waals surface area contributed by atoms with Crippen LogP contribution >= 0.6 is 0 Å². The van der Waals surface area contributed by atoms with Crippen LogP contribution in [-0.2, 0) is 5.41 Å². The fourth-order valence-electron chi connectivity index (χ4n) is 9.55. The topological polar surface area (TPSA) is 9.72 Å². The standard InChI is InChI=1S/C51H38BN3/c1-51(2)42-32-39(53(35-18-7-3-8-19-35)36-20-9-4-10-21-36)30-31-40(42)41-33-49-45(34-43(41)51)52-44-26-15-16-27-46(44)54(37-22-11-5-12-23-37)47-28-17-29-48(50(47)52)55(49)38-24-13-6-14-25-38/h3-34H,1-2H3. The van der Waals surface area contributed by atoms with E-state index < -0.39 is 0 Å². The van der Waals surface area contributed by atoms with E-state index in [1.807, 2.05) is 0 Å². The third kappa shape index (κ3) is 4.71. The maximum atomic E-state index is 2.56. The van der Waals surface area contributed by atoms with Gasteiger partial charge in [-0.1, -0.05) is 123 Å². The van der Waals surface area contributed by atoms with Crippen LogP contribution in [0.3, 0.4) is 0 Å². The van der Waals surface area contributed by atoms with Crippen molar-refractivity contribution in [2.45, 2.75) is 19.3 Å². The van der Waals surface area contributed by atoms with E-state index in [0.717, 1.165) is 22.7 Å². The van der Waals surface area contributed by atoms with Crippen LogP contribution in [0.25, 0.3) is 11.1 Å². The highest BCUT2D eigenvalue weighted by Gasteiger charge is 2.45. The van der Waals surface area contributed by atoms with Crippen LogP contribution < -0.4 is 31.1 Å². The molecule has 0 saturated heterocycles. The van der Waals surface area contributed by atoms with Crippen LogP contribution in [0, 0.1) is 0 Å². The van der Waals surface area contributed by atoms with E-state index in [2.05, 4.69) is 223 Å². The van der Waals surface area contributed by atoms with Crippen molar-refractivity contribution >= 4 is 74.3 Å². The van der Waals surface area contributed by atoms with Crippen LogP contribution in [0.5, 0.6) is 0 Å². The van der Waals surface area contributed by atoms with E-state index >= 15 is 0 Å². The Morgan fingerprint density at radius 1 is 0.400 bits per heavy atom. The van der Waals surface area contributed by atoms with Gasteiger partial charge in [-0.05, 0) is 124 Å². The number of benzene rings is 8. The summed E-state index contributed by atoms with van der Waals surface area (Å²) in [5.41, 5.74) is 19.8. The van der Waals surface area contributed by atoms with Crippen LogP contribution in [0.1, 0.15) is 25.0 Å². The maximum absolute atomic E-state index is 2.56. The van der Waals surface area contributed by atoms with Crippen molar-refractivity contribution in [2.24, 2.45) is 0 Å². The molecule has 3 nitrogen and oxygen atoms in total. The highest BCUT2D eigenvalue weighted by molar-refractivity contribution is 7.00. The third-order valence-corrected chi connectivity index (χ3v) is 12.0. The van der Waals surface area contributed by atoms with E-state index in [9.17, 15) is 0 Å². The Balaban J connectivity index is 1.14. The van der Waals surface area contributed by atoms with Crippen LogP contribution in [0.4, 0.5) is 51.2 Å². The first-order valence-corrected chi connectivity index (χ1v) is 19.2. The number of anilines is 9. The van der Waals surface area contributed by atoms with Crippen molar-refractivity contribution < 1.29 is 0 Å². The van der Waals surface area contributed by atoms with E-state index in [4.69, 9.17) is 0 Å². The molecule has 0 bridgehead atoms. The first kappa shape index (κ1) is 31.7. The van der Waals surface area contributed by atoms with Gasteiger partial charge in [-0.2, -0.15) is 0 Å². The van der Waals surface area contributed by atoms with Gasteiger partial charge in [-0.25, -0.2) is 0 Å². The second-order valence-corrected chi connectivity index (χ2v) is 15.4. The van der Waals surface area contributed by atoms with Gasteiger partial charge in [0.15, 0.2) is 0 Å². The van der Waals surface area contributed by atoms with Gasteiger partial charge in [0.25, 0.3) is 6.71 Å². The highest BCUT2D eigenvalue weighted by Crippen LogP contribution is 2.53. The molecule has 0 N–H and O–H groups in total. The van der Waals surface area contributed by atoms with Crippen molar-refractivity contribution in [1.29, 1.82) is 0 Å². The van der Waals surface area contributed by atoms with Crippen LogP contribution in [-0.4, -0.2) is 6.71 Å². The minimum atomic E-state index is -0.226. The zero-order chi connectivity index (χ0) is 36.7. The average molecular weight is 704 g/mol. The first-order valence-electron chi connectivity index (χ1n) is 19.2. The Bertz CT molecular complexity index is 2710. The van der Waals surface area contributed by atoms with Gasteiger partial charge in [-0.15, -0.1) is 0 Å². The summed E-state index contributed by atoms with van der Waals surface area (Å²) < 4.78 is 0. The van der Waals surface area contributed by atoms with Crippen LogP contribution in [0.15, 0.2) is 194 Å². The molecule has 8 aromatic rings. The predicted octanol–water partition coefficient (Wildman–Crippen LogP) is 11.5. The predicted molar refractivity (Wildman–Crippen MR) is 233 cm³/mol. The number of fused-ring (bicyclic) bond motifs is 7. The molecular formula is C51H38BN3. The normalized spacial score (nSPS) is 14.0. The molecule has 2 heterocycles. The van der Waals surface area contributed by atoms with Crippen LogP contribution in [0.2, 0.25) is 0 Å². The third-order valence-electron chi connectivity index (χ3n) is 12.0. The van der Waals surface area contributed by atoms with Gasteiger partial charge in [0.2, 0.25) is 0 Å². The highest BCUT2D eigenvalue weighted by atomic mass is 15.2. The molecule has 0 aromatic heterocycles. The molecule has 2 aliphatic heterocycles. The van der Waals surface area contributed by atoms with Gasteiger partial charge in [0, 0.05) is 56.6 Å². The molecular weight excluding hydrogens is 665 g/mol. The Labute approximate surface area is 323 Å². The summed E-state index contributed by atoms with van der Waals surface area (Å²) in [7, 11) is 0. The lowest BCUT2D eigenvalue weighted by Gasteiger charge is -2.44. The monoisotopic (exact) mass is 703 g/mol. The number of hydrogen-bond acceptors (Lipinski definition) is 3. The second kappa shape index (κ2) is 12.1. The van der Waals surface area contributed by atoms with E-state index in [1.54, 1.807) is 0 Å². The lowest BCUT2D eigenvalue weighted by molar-refractivity contribution is 0.661. The summed E-state index contributed by atoms with van der Waals surface area (Å²) in [5.74, 6) is 0. The Kier molecular flexibility index (Phi) is 6.99. The SMILES string of the molecule is CC1(C)c2cc(N(c3ccccc3)c3ccccc3)ccc2-c2cc3c(cc21)B1c2ccccc2N(c2ccccc2)c2cccc(c21)N3c1ccccc1. The summed E-state index contributed by atoms with van der Waals surface area (Å²) in [6, 6.07) is 71.2. The molecule has 0 unspecified atom stereocenters. The largest absolute Gasteiger partial charge is 0.311 e. The number of nitrogens with zero attached hydrogens (tertiary/aromatic N) is 3. The molecule has 1 aliphatic carbocycles. The average Bonchev–Trinajstić information content (AvgIpc) is 3.46. The summed E-state index contributed by atoms with van der Waals surface area (Å²) >= 11 is 0. The van der Waals surface area contributed by atoms with Gasteiger partial charge >= 0.3 is 0 Å². The molecule has 0 saturated carbocycles.